The Morgan fingerprint density at radius 3 is 2.43 bits per heavy atom. The fourth-order valence-electron chi connectivity index (χ4n) is 1.38. The first-order chi connectivity index (χ1) is 9.49. The molecular weight excluding hydrogens is 313 g/mol. The Morgan fingerprint density at radius 1 is 1.43 bits per heavy atom. The van der Waals surface area contributed by atoms with E-state index in [1.165, 1.54) is 6.07 Å². The van der Waals surface area contributed by atoms with Crippen LogP contribution in [0.4, 0.5) is 13.2 Å². The number of alkyl halides is 3. The third-order valence-corrected chi connectivity index (χ3v) is 3.97. The second kappa shape index (κ2) is 5.71. The highest BCUT2D eigenvalue weighted by Gasteiger charge is 2.34. The van der Waals surface area contributed by atoms with Gasteiger partial charge in [0.15, 0.2) is 0 Å². The predicted molar refractivity (Wildman–Crippen MR) is 63.6 cm³/mol. The molecule has 0 bridgehead atoms. The van der Waals surface area contributed by atoms with E-state index in [0.717, 1.165) is 6.92 Å². The van der Waals surface area contributed by atoms with Crippen LogP contribution < -0.4 is 4.72 Å². The number of hydrogen-bond acceptors (Lipinski definition) is 4. The largest absolute Gasteiger partial charge is 0.480 e. The summed E-state index contributed by atoms with van der Waals surface area (Å²) in [5, 5.41) is 17.3. The van der Waals surface area contributed by atoms with Gasteiger partial charge >= 0.3 is 12.1 Å². The number of rotatable bonds is 4. The summed E-state index contributed by atoms with van der Waals surface area (Å²) in [6.45, 7) is 1.05. The zero-order chi connectivity index (χ0) is 16.4. The van der Waals surface area contributed by atoms with Crippen molar-refractivity contribution in [2.45, 2.75) is 24.0 Å². The normalized spacial score (nSPS) is 13.5. The number of hydrogen-bond donors (Lipinski definition) is 2. The van der Waals surface area contributed by atoms with E-state index in [1.807, 2.05) is 0 Å². The molecule has 1 atom stereocenters. The van der Waals surface area contributed by atoms with Crippen molar-refractivity contribution in [3.63, 3.8) is 0 Å². The van der Waals surface area contributed by atoms with Crippen LogP contribution in [-0.2, 0) is 21.0 Å². The zero-order valence-electron chi connectivity index (χ0n) is 10.5. The van der Waals surface area contributed by atoms with Crippen LogP contribution in [0.3, 0.4) is 0 Å². The van der Waals surface area contributed by atoms with Crippen LogP contribution in [0.2, 0.25) is 0 Å². The third kappa shape index (κ3) is 3.93. The Bertz CT molecular complexity index is 707. The number of halogens is 3. The molecule has 21 heavy (non-hydrogen) atoms. The highest BCUT2D eigenvalue weighted by atomic mass is 32.2. The predicted octanol–water partition coefficient (Wildman–Crippen LogP) is 1.33. The highest BCUT2D eigenvalue weighted by molar-refractivity contribution is 7.89. The van der Waals surface area contributed by atoms with Crippen LogP contribution >= 0.6 is 0 Å². The van der Waals surface area contributed by atoms with E-state index < -0.39 is 44.2 Å². The number of aliphatic carboxylic acids is 1. The van der Waals surface area contributed by atoms with Crippen LogP contribution in [0.15, 0.2) is 23.1 Å². The van der Waals surface area contributed by atoms with Gasteiger partial charge < -0.3 is 5.11 Å². The van der Waals surface area contributed by atoms with Crippen molar-refractivity contribution in [3.05, 3.63) is 29.3 Å². The van der Waals surface area contributed by atoms with Gasteiger partial charge in [0.1, 0.15) is 6.04 Å². The molecule has 0 heterocycles. The number of sulfonamides is 1. The zero-order valence-corrected chi connectivity index (χ0v) is 11.3. The Hall–Kier alpha value is -2.12. The van der Waals surface area contributed by atoms with Gasteiger partial charge in [-0.2, -0.15) is 23.2 Å². The number of nitriles is 1. The second-order valence-electron chi connectivity index (χ2n) is 4.00. The van der Waals surface area contributed by atoms with E-state index in [0.29, 0.717) is 18.2 Å². The number of benzene rings is 1. The number of carbonyl (C=O) groups is 1. The molecule has 0 radical (unpaired) electrons. The minimum Gasteiger partial charge on any atom is -0.480 e. The molecule has 114 valence electrons. The van der Waals surface area contributed by atoms with Crippen LogP contribution in [0.5, 0.6) is 0 Å². The second-order valence-corrected chi connectivity index (χ2v) is 5.71. The summed E-state index contributed by atoms with van der Waals surface area (Å²) < 4.78 is 63.1. The maximum atomic E-state index is 12.6. The van der Waals surface area contributed by atoms with Gasteiger partial charge in [0.25, 0.3) is 0 Å². The molecule has 2 N–H and O–H groups in total. The van der Waals surface area contributed by atoms with Gasteiger partial charge in [-0.25, -0.2) is 8.42 Å². The summed E-state index contributed by atoms with van der Waals surface area (Å²) >= 11 is 0. The Labute approximate surface area is 117 Å². The molecule has 0 aliphatic heterocycles. The fourth-order valence-corrected chi connectivity index (χ4v) is 2.60. The van der Waals surface area contributed by atoms with E-state index in [1.54, 1.807) is 4.72 Å². The van der Waals surface area contributed by atoms with Gasteiger partial charge in [-0.15, -0.1) is 0 Å². The molecule has 10 heteroatoms. The maximum absolute atomic E-state index is 12.6. The van der Waals surface area contributed by atoms with Gasteiger partial charge in [-0.1, -0.05) is 0 Å². The monoisotopic (exact) mass is 322 g/mol. The lowest BCUT2D eigenvalue weighted by Gasteiger charge is -2.13. The molecule has 1 rings (SSSR count). The highest BCUT2D eigenvalue weighted by Crippen LogP contribution is 2.32. The molecule has 0 saturated carbocycles. The Kier molecular flexibility index (Phi) is 4.60. The summed E-state index contributed by atoms with van der Waals surface area (Å²) in [7, 11) is -4.35. The van der Waals surface area contributed by atoms with Gasteiger partial charge in [0.05, 0.1) is 22.1 Å². The van der Waals surface area contributed by atoms with Crippen molar-refractivity contribution in [3.8, 4) is 6.07 Å². The van der Waals surface area contributed by atoms with E-state index in [4.69, 9.17) is 10.4 Å². The van der Waals surface area contributed by atoms with Crippen molar-refractivity contribution >= 4 is 16.0 Å². The van der Waals surface area contributed by atoms with Crippen molar-refractivity contribution in [2.24, 2.45) is 0 Å². The van der Waals surface area contributed by atoms with E-state index in [9.17, 15) is 26.4 Å². The third-order valence-electron chi connectivity index (χ3n) is 2.43. The molecule has 0 amide bonds. The lowest BCUT2D eigenvalue weighted by atomic mass is 10.1. The van der Waals surface area contributed by atoms with Crippen molar-refractivity contribution in [2.75, 3.05) is 0 Å². The van der Waals surface area contributed by atoms with E-state index >= 15 is 0 Å². The number of nitrogens with one attached hydrogen (secondary N) is 1. The summed E-state index contributed by atoms with van der Waals surface area (Å²) in [4.78, 5) is 9.96. The van der Waals surface area contributed by atoms with Crippen molar-refractivity contribution < 1.29 is 31.5 Å². The van der Waals surface area contributed by atoms with Crippen LogP contribution in [0.25, 0.3) is 0 Å². The lowest BCUT2D eigenvalue weighted by molar-refractivity contribution is -0.139. The van der Waals surface area contributed by atoms with Gasteiger partial charge in [0, 0.05) is 0 Å². The van der Waals surface area contributed by atoms with Crippen molar-refractivity contribution in [1.29, 1.82) is 5.26 Å². The number of nitrogens with zero attached hydrogens (tertiary/aromatic N) is 1. The average molecular weight is 322 g/mol. The summed E-state index contributed by atoms with van der Waals surface area (Å²) in [5.41, 5.74) is -2.14. The standard InChI is InChI=1S/C11H9F3N2O4S/c1-6(10(17)18)16-21(19,20)8-2-3-9(11(12,13)14)7(4-8)5-15/h2-4,6,16H,1H3,(H,17,18)/t6-/m0/s1. The van der Waals surface area contributed by atoms with Crippen molar-refractivity contribution in [1.82, 2.24) is 4.72 Å². The quantitative estimate of drug-likeness (QED) is 0.869. The molecule has 6 nitrogen and oxygen atoms in total. The molecule has 0 fully saturated rings. The number of carboxylic acids is 1. The minimum atomic E-state index is -4.80. The first-order valence-corrected chi connectivity index (χ1v) is 6.84. The summed E-state index contributed by atoms with van der Waals surface area (Å²) in [5.74, 6) is -1.45. The molecule has 1 aromatic rings. The lowest BCUT2D eigenvalue weighted by Crippen LogP contribution is -2.38. The van der Waals surface area contributed by atoms with Crippen LogP contribution in [0.1, 0.15) is 18.1 Å². The van der Waals surface area contributed by atoms with Crippen LogP contribution in [-0.4, -0.2) is 25.5 Å². The summed E-state index contributed by atoms with van der Waals surface area (Å²) in [6, 6.07) is 1.44. The topological polar surface area (TPSA) is 107 Å². The molecular formula is C11H9F3N2O4S. The minimum absolute atomic E-state index is 0.457. The number of carboxylic acid groups (broad SMARTS) is 1. The average Bonchev–Trinajstić information content (AvgIpc) is 2.36. The first-order valence-electron chi connectivity index (χ1n) is 5.35. The molecule has 0 aliphatic carbocycles. The van der Waals surface area contributed by atoms with E-state index in [-0.39, 0.29) is 0 Å². The van der Waals surface area contributed by atoms with Gasteiger partial charge in [-0.05, 0) is 25.1 Å². The Morgan fingerprint density at radius 2 is 2.00 bits per heavy atom. The van der Waals surface area contributed by atoms with Crippen LogP contribution in [0, 0.1) is 11.3 Å². The summed E-state index contributed by atoms with van der Waals surface area (Å²) in [6.07, 6.45) is -4.80. The molecule has 0 spiro atoms. The van der Waals surface area contributed by atoms with Gasteiger partial charge in [0.2, 0.25) is 10.0 Å². The molecule has 0 unspecified atom stereocenters. The Balaban J connectivity index is 3.28. The smallest absolute Gasteiger partial charge is 0.417 e. The molecule has 0 aliphatic rings. The molecule has 0 saturated heterocycles. The molecule has 0 aromatic heterocycles. The molecule has 1 aromatic carbocycles. The fraction of sp³-hybridized carbons (Fsp3) is 0.273. The van der Waals surface area contributed by atoms with Gasteiger partial charge in [-0.3, -0.25) is 4.79 Å². The van der Waals surface area contributed by atoms with E-state index in [2.05, 4.69) is 0 Å². The maximum Gasteiger partial charge on any atom is 0.417 e. The SMILES string of the molecule is C[C@H](NS(=O)(=O)c1ccc(C(F)(F)F)c(C#N)c1)C(=O)O. The first kappa shape index (κ1) is 16.9.